The number of rotatable bonds is 8. The van der Waals surface area contributed by atoms with Crippen LogP contribution in [0.4, 0.5) is 0 Å². The molecule has 0 fully saturated rings. The van der Waals surface area contributed by atoms with E-state index in [2.05, 4.69) is 37.5 Å². The summed E-state index contributed by atoms with van der Waals surface area (Å²) in [5, 5.41) is 24.1. The highest BCUT2D eigenvalue weighted by atomic mass is 16.3. The molecule has 0 saturated heterocycles. The zero-order valence-electron chi connectivity index (χ0n) is 12.2. The minimum Gasteiger partial charge on any atom is -0.395 e. The minimum absolute atomic E-state index is 0.162. The molecule has 1 rings (SSSR count). The normalized spacial score (nSPS) is 11.0. The third-order valence-electron chi connectivity index (χ3n) is 3.47. The fourth-order valence-electron chi connectivity index (χ4n) is 2.40. The van der Waals surface area contributed by atoms with Crippen molar-refractivity contribution in [2.24, 2.45) is 0 Å². The summed E-state index contributed by atoms with van der Waals surface area (Å²) in [6, 6.07) is 2.21. The topological polar surface area (TPSA) is 64.5 Å². The van der Waals surface area contributed by atoms with Crippen molar-refractivity contribution < 1.29 is 10.2 Å². The van der Waals surface area contributed by atoms with Gasteiger partial charge < -0.3 is 20.8 Å². The highest BCUT2D eigenvalue weighted by Crippen LogP contribution is 2.22. The second-order valence-corrected chi connectivity index (χ2v) is 4.89. The van der Waals surface area contributed by atoms with E-state index in [1.165, 1.54) is 27.8 Å². The van der Waals surface area contributed by atoms with Gasteiger partial charge in [-0.05, 0) is 48.6 Å². The van der Waals surface area contributed by atoms with Gasteiger partial charge in [0.25, 0.3) is 0 Å². The monoisotopic (exact) mass is 266 g/mol. The third kappa shape index (κ3) is 4.58. The first kappa shape index (κ1) is 16.1. The molecule has 0 aliphatic heterocycles. The first-order chi connectivity index (χ1) is 9.11. The Morgan fingerprint density at radius 2 is 1.26 bits per heavy atom. The number of aliphatic hydroxyl groups is 2. The molecule has 4 heteroatoms. The van der Waals surface area contributed by atoms with E-state index in [4.69, 9.17) is 10.2 Å². The fraction of sp³-hybridized carbons (Fsp3) is 0.600. The SMILES string of the molecule is Cc1cc(C)c(CNCCO)c(C)c1CNCCO. The van der Waals surface area contributed by atoms with E-state index in [1.54, 1.807) is 0 Å². The van der Waals surface area contributed by atoms with Crippen molar-refractivity contribution in [3.05, 3.63) is 33.9 Å². The van der Waals surface area contributed by atoms with Crippen LogP contribution < -0.4 is 10.6 Å². The van der Waals surface area contributed by atoms with E-state index in [1.807, 2.05) is 0 Å². The molecule has 0 aromatic heterocycles. The number of hydrogen-bond donors (Lipinski definition) is 4. The van der Waals surface area contributed by atoms with Crippen molar-refractivity contribution in [1.29, 1.82) is 0 Å². The molecular weight excluding hydrogens is 240 g/mol. The third-order valence-corrected chi connectivity index (χ3v) is 3.47. The molecular formula is C15H26N2O2. The quantitative estimate of drug-likeness (QED) is 0.525. The Labute approximate surface area is 115 Å². The zero-order valence-corrected chi connectivity index (χ0v) is 12.2. The minimum atomic E-state index is 0.162. The molecule has 1 aromatic rings. The average molecular weight is 266 g/mol. The van der Waals surface area contributed by atoms with Crippen LogP contribution >= 0.6 is 0 Å². The largest absolute Gasteiger partial charge is 0.395 e. The van der Waals surface area contributed by atoms with Gasteiger partial charge in [-0.25, -0.2) is 0 Å². The van der Waals surface area contributed by atoms with Gasteiger partial charge in [0, 0.05) is 26.2 Å². The van der Waals surface area contributed by atoms with E-state index in [0.717, 1.165) is 13.1 Å². The lowest BCUT2D eigenvalue weighted by molar-refractivity contribution is 0.291. The first-order valence-corrected chi connectivity index (χ1v) is 6.83. The fourth-order valence-corrected chi connectivity index (χ4v) is 2.40. The van der Waals surface area contributed by atoms with Crippen LogP contribution in [-0.2, 0) is 13.1 Å². The smallest absolute Gasteiger partial charge is 0.0556 e. The average Bonchev–Trinajstić information content (AvgIpc) is 2.37. The van der Waals surface area contributed by atoms with E-state index in [9.17, 15) is 0 Å². The molecule has 0 unspecified atom stereocenters. The van der Waals surface area contributed by atoms with Crippen molar-refractivity contribution >= 4 is 0 Å². The van der Waals surface area contributed by atoms with Crippen LogP contribution in [0.5, 0.6) is 0 Å². The van der Waals surface area contributed by atoms with Gasteiger partial charge in [-0.2, -0.15) is 0 Å². The van der Waals surface area contributed by atoms with Crippen LogP contribution in [0, 0.1) is 20.8 Å². The van der Waals surface area contributed by atoms with Gasteiger partial charge in [0.1, 0.15) is 0 Å². The Bertz CT molecular complexity index is 371. The van der Waals surface area contributed by atoms with Crippen LogP contribution in [0.3, 0.4) is 0 Å². The summed E-state index contributed by atoms with van der Waals surface area (Å²) in [4.78, 5) is 0. The summed E-state index contributed by atoms with van der Waals surface area (Å²) < 4.78 is 0. The molecule has 0 amide bonds. The van der Waals surface area contributed by atoms with E-state index in [-0.39, 0.29) is 13.2 Å². The lowest BCUT2D eigenvalue weighted by Gasteiger charge is -2.18. The number of aliphatic hydroxyl groups excluding tert-OH is 2. The van der Waals surface area contributed by atoms with Crippen LogP contribution in [0.25, 0.3) is 0 Å². The molecule has 108 valence electrons. The summed E-state index contributed by atoms with van der Waals surface area (Å²) in [5.41, 5.74) is 6.48. The Balaban J connectivity index is 2.87. The van der Waals surface area contributed by atoms with Gasteiger partial charge in [0.05, 0.1) is 13.2 Å². The standard InChI is InChI=1S/C15H26N2O2/c1-11-8-12(2)15(10-17-5-7-19)13(3)14(11)9-16-4-6-18/h8,16-19H,4-7,9-10H2,1-3H3. The maximum Gasteiger partial charge on any atom is 0.0556 e. The molecule has 1 aromatic carbocycles. The van der Waals surface area contributed by atoms with Crippen molar-refractivity contribution in [3.63, 3.8) is 0 Å². The Morgan fingerprint density at radius 1 is 0.842 bits per heavy atom. The molecule has 0 atom stereocenters. The lowest BCUT2D eigenvalue weighted by atomic mass is 9.93. The van der Waals surface area contributed by atoms with Gasteiger partial charge >= 0.3 is 0 Å². The van der Waals surface area contributed by atoms with Crippen molar-refractivity contribution in [3.8, 4) is 0 Å². The maximum absolute atomic E-state index is 8.83. The molecule has 0 spiro atoms. The molecule has 0 aliphatic rings. The Kier molecular flexibility index (Phi) is 7.02. The first-order valence-electron chi connectivity index (χ1n) is 6.83. The van der Waals surface area contributed by atoms with Crippen molar-refractivity contribution in [2.75, 3.05) is 26.3 Å². The maximum atomic E-state index is 8.83. The predicted octanol–water partition coefficient (Wildman–Crippen LogP) is 0.776. The van der Waals surface area contributed by atoms with Gasteiger partial charge in [-0.15, -0.1) is 0 Å². The number of nitrogens with one attached hydrogen (secondary N) is 2. The molecule has 4 N–H and O–H groups in total. The van der Waals surface area contributed by atoms with Crippen LogP contribution in [0.1, 0.15) is 27.8 Å². The van der Waals surface area contributed by atoms with Crippen LogP contribution in [0.2, 0.25) is 0 Å². The number of hydrogen-bond acceptors (Lipinski definition) is 4. The van der Waals surface area contributed by atoms with E-state index >= 15 is 0 Å². The van der Waals surface area contributed by atoms with Gasteiger partial charge in [0.2, 0.25) is 0 Å². The van der Waals surface area contributed by atoms with Gasteiger partial charge in [-0.3, -0.25) is 0 Å². The van der Waals surface area contributed by atoms with Gasteiger partial charge in [-0.1, -0.05) is 6.07 Å². The van der Waals surface area contributed by atoms with E-state index in [0.29, 0.717) is 13.1 Å². The van der Waals surface area contributed by atoms with Gasteiger partial charge in [0.15, 0.2) is 0 Å². The number of aryl methyl sites for hydroxylation is 2. The van der Waals surface area contributed by atoms with Crippen LogP contribution in [0.15, 0.2) is 6.07 Å². The molecule has 19 heavy (non-hydrogen) atoms. The van der Waals surface area contributed by atoms with Crippen LogP contribution in [-0.4, -0.2) is 36.5 Å². The molecule has 0 heterocycles. The van der Waals surface area contributed by atoms with E-state index < -0.39 is 0 Å². The summed E-state index contributed by atoms with van der Waals surface area (Å²) in [6.45, 7) is 9.52. The molecule has 4 nitrogen and oxygen atoms in total. The highest BCUT2D eigenvalue weighted by Gasteiger charge is 2.10. The van der Waals surface area contributed by atoms with Crippen molar-refractivity contribution in [2.45, 2.75) is 33.9 Å². The second-order valence-electron chi connectivity index (χ2n) is 4.89. The number of benzene rings is 1. The zero-order chi connectivity index (χ0) is 14.3. The summed E-state index contributed by atoms with van der Waals surface area (Å²) in [5.74, 6) is 0. The molecule has 0 radical (unpaired) electrons. The Morgan fingerprint density at radius 3 is 1.63 bits per heavy atom. The molecule has 0 bridgehead atoms. The molecule has 0 saturated carbocycles. The summed E-state index contributed by atoms with van der Waals surface area (Å²) in [7, 11) is 0. The lowest BCUT2D eigenvalue weighted by Crippen LogP contribution is -2.22. The predicted molar refractivity (Wildman–Crippen MR) is 78.2 cm³/mol. The van der Waals surface area contributed by atoms with Crippen molar-refractivity contribution in [1.82, 2.24) is 10.6 Å². The molecule has 0 aliphatic carbocycles. The second kappa shape index (κ2) is 8.27. The summed E-state index contributed by atoms with van der Waals surface area (Å²) in [6.07, 6.45) is 0. The Hall–Kier alpha value is -0.940. The highest BCUT2D eigenvalue weighted by molar-refractivity contribution is 5.44. The summed E-state index contributed by atoms with van der Waals surface area (Å²) >= 11 is 0.